The van der Waals surface area contributed by atoms with Crippen LogP contribution in [0.25, 0.3) is 0 Å². The zero-order valence-electron chi connectivity index (χ0n) is 54.8. The molecule has 0 radical (unpaired) electrons. The zero-order valence-corrected chi connectivity index (χ0v) is 54.8. The van der Waals surface area contributed by atoms with E-state index in [0.29, 0.717) is 17.4 Å². The maximum absolute atomic E-state index is 12.9. The minimum atomic E-state index is -1.62. The molecule has 0 aliphatic carbocycles. The summed E-state index contributed by atoms with van der Waals surface area (Å²) in [6, 6.07) is 0. The molecule has 0 rings (SSSR count). The second kappa shape index (κ2) is 64.5. The summed E-state index contributed by atoms with van der Waals surface area (Å²) in [6.07, 6.45) is 83.7. The van der Waals surface area contributed by atoms with Crippen LogP contribution in [0.5, 0.6) is 0 Å². The molecule has 0 bridgehead atoms. The van der Waals surface area contributed by atoms with Gasteiger partial charge in [0.15, 0.2) is 12.4 Å². The maximum atomic E-state index is 12.9. The Hall–Kier alpha value is -3.53. The molecule has 0 amide bonds. The van der Waals surface area contributed by atoms with Crippen LogP contribution in [-0.2, 0) is 33.3 Å². The van der Waals surface area contributed by atoms with Crippen molar-refractivity contribution in [1.82, 2.24) is 0 Å². The van der Waals surface area contributed by atoms with Crippen molar-refractivity contribution in [3.63, 3.8) is 0 Å². The second-order valence-corrected chi connectivity index (χ2v) is 24.4. The Morgan fingerprint density at radius 1 is 0.373 bits per heavy atom. The summed E-state index contributed by atoms with van der Waals surface area (Å²) in [5.41, 5.74) is 0. The van der Waals surface area contributed by atoms with Crippen molar-refractivity contribution in [2.24, 2.45) is 0 Å². The van der Waals surface area contributed by atoms with Gasteiger partial charge in [-0.3, -0.25) is 9.59 Å². The molecule has 0 aromatic carbocycles. The Bertz CT molecular complexity index is 1640. The van der Waals surface area contributed by atoms with Crippen molar-refractivity contribution in [2.75, 3.05) is 47.5 Å². The number of unbranched alkanes of at least 4 members (excludes halogenated alkanes) is 35. The van der Waals surface area contributed by atoms with Gasteiger partial charge in [0.2, 0.25) is 0 Å². The topological polar surface area (TPSA) is 111 Å². The Kier molecular flexibility index (Phi) is 61.7. The number of carbonyl (C=O) groups excluding carboxylic acids is 3. The Balaban J connectivity index is 4.11. The third-order valence-electron chi connectivity index (χ3n) is 15.1. The average Bonchev–Trinajstić information content (AvgIpc) is 3.46. The van der Waals surface area contributed by atoms with Gasteiger partial charge in [-0.2, -0.15) is 0 Å². The Morgan fingerprint density at radius 3 is 1.02 bits per heavy atom. The van der Waals surface area contributed by atoms with E-state index in [4.69, 9.17) is 18.9 Å². The molecule has 0 aliphatic rings. The summed E-state index contributed by atoms with van der Waals surface area (Å²) in [4.78, 5) is 37.5. The molecule has 0 saturated heterocycles. The molecule has 0 spiro atoms. The average molecular weight is 1160 g/mol. The molecule has 0 aromatic rings. The minimum Gasteiger partial charge on any atom is -0.545 e. The number of ether oxygens (including phenoxy) is 4. The first kappa shape index (κ1) is 79.5. The minimum absolute atomic E-state index is 0.146. The number of quaternary nitrogens is 1. The van der Waals surface area contributed by atoms with Gasteiger partial charge >= 0.3 is 11.9 Å². The van der Waals surface area contributed by atoms with E-state index in [1.54, 1.807) is 0 Å². The molecule has 0 aromatic heterocycles. The number of allylic oxidation sites excluding steroid dienone is 14. The number of carboxylic acid groups (broad SMARTS) is 1. The summed E-state index contributed by atoms with van der Waals surface area (Å²) >= 11 is 0. The van der Waals surface area contributed by atoms with Crippen LogP contribution in [-0.4, -0.2) is 82.3 Å². The first-order valence-corrected chi connectivity index (χ1v) is 34.7. The van der Waals surface area contributed by atoms with Gasteiger partial charge in [0, 0.05) is 12.8 Å². The number of carbonyl (C=O) groups is 3. The molecule has 0 fully saturated rings. The van der Waals surface area contributed by atoms with Crippen LogP contribution in [0, 0.1) is 0 Å². The molecular formula is C74H131NO8. The van der Waals surface area contributed by atoms with Gasteiger partial charge in [0.1, 0.15) is 13.2 Å². The summed E-state index contributed by atoms with van der Waals surface area (Å²) in [5, 5.41) is 11.8. The number of esters is 2. The highest BCUT2D eigenvalue weighted by atomic mass is 16.7. The van der Waals surface area contributed by atoms with Crippen LogP contribution in [0.15, 0.2) is 85.1 Å². The van der Waals surface area contributed by atoms with Crippen LogP contribution >= 0.6 is 0 Å². The van der Waals surface area contributed by atoms with E-state index < -0.39 is 24.3 Å². The van der Waals surface area contributed by atoms with E-state index in [9.17, 15) is 19.5 Å². The van der Waals surface area contributed by atoms with Crippen molar-refractivity contribution in [3.05, 3.63) is 85.1 Å². The van der Waals surface area contributed by atoms with Gasteiger partial charge in [-0.1, -0.05) is 292 Å². The lowest BCUT2D eigenvalue weighted by Gasteiger charge is -2.26. The molecule has 2 unspecified atom stereocenters. The first-order valence-electron chi connectivity index (χ1n) is 34.7. The predicted molar refractivity (Wildman–Crippen MR) is 352 cm³/mol. The van der Waals surface area contributed by atoms with Gasteiger partial charge < -0.3 is 33.3 Å². The van der Waals surface area contributed by atoms with Gasteiger partial charge in [0.05, 0.1) is 40.3 Å². The number of likely N-dealkylation sites (N-methyl/N-ethyl adjacent to an activating group) is 1. The first-order chi connectivity index (χ1) is 40.6. The normalized spacial score (nSPS) is 13.2. The lowest BCUT2D eigenvalue weighted by atomic mass is 10.0. The number of nitrogens with zero attached hydrogens (tertiary/aromatic N) is 1. The van der Waals surface area contributed by atoms with Crippen LogP contribution in [0.1, 0.15) is 309 Å². The second-order valence-electron chi connectivity index (χ2n) is 24.4. The monoisotopic (exact) mass is 1160 g/mol. The van der Waals surface area contributed by atoms with Gasteiger partial charge in [-0.05, 0) is 89.9 Å². The fraction of sp³-hybridized carbons (Fsp3) is 0.770. The van der Waals surface area contributed by atoms with Crippen LogP contribution in [0.2, 0.25) is 0 Å². The van der Waals surface area contributed by atoms with Crippen molar-refractivity contribution >= 4 is 17.9 Å². The molecule has 0 aliphatic heterocycles. The van der Waals surface area contributed by atoms with Crippen LogP contribution < -0.4 is 5.11 Å². The lowest BCUT2D eigenvalue weighted by Crippen LogP contribution is -2.44. The summed E-state index contributed by atoms with van der Waals surface area (Å²) in [7, 11) is 5.93. The fourth-order valence-electron chi connectivity index (χ4n) is 9.83. The quantitative estimate of drug-likeness (QED) is 0.0195. The number of carboxylic acids is 1. The van der Waals surface area contributed by atoms with E-state index in [1.165, 1.54) is 205 Å². The highest BCUT2D eigenvalue weighted by molar-refractivity contribution is 5.70. The van der Waals surface area contributed by atoms with Gasteiger partial charge in [-0.15, -0.1) is 0 Å². The molecule has 0 N–H and O–H groups in total. The van der Waals surface area contributed by atoms with Crippen molar-refractivity contribution in [1.29, 1.82) is 0 Å². The van der Waals surface area contributed by atoms with E-state index in [1.807, 2.05) is 21.1 Å². The molecular weight excluding hydrogens is 1030 g/mol. The van der Waals surface area contributed by atoms with Gasteiger partial charge in [0.25, 0.3) is 0 Å². The highest BCUT2D eigenvalue weighted by Crippen LogP contribution is 2.18. The van der Waals surface area contributed by atoms with Crippen LogP contribution in [0.3, 0.4) is 0 Å². The molecule has 9 heteroatoms. The molecule has 0 saturated carbocycles. The molecule has 0 heterocycles. The smallest absolute Gasteiger partial charge is 0.306 e. The zero-order chi connectivity index (χ0) is 60.5. The Morgan fingerprint density at radius 2 is 0.687 bits per heavy atom. The third-order valence-corrected chi connectivity index (χ3v) is 15.1. The number of rotatable bonds is 64. The third kappa shape index (κ3) is 65.9. The van der Waals surface area contributed by atoms with Crippen molar-refractivity contribution < 1.29 is 42.9 Å². The summed E-state index contributed by atoms with van der Waals surface area (Å²) in [5.74, 6) is -2.27. The number of aliphatic carboxylic acids is 1. The lowest BCUT2D eigenvalue weighted by molar-refractivity contribution is -0.870. The molecule has 2 atom stereocenters. The van der Waals surface area contributed by atoms with Crippen molar-refractivity contribution in [2.45, 2.75) is 322 Å². The highest BCUT2D eigenvalue weighted by Gasteiger charge is 2.22. The standard InChI is InChI=1S/C74H131NO8/c1-6-8-10-12-14-16-18-20-22-24-26-28-30-32-34-35-36-37-39-41-43-45-47-49-51-53-55-57-59-61-63-65-72(77)83-70(69-82-74(73(78)79)80-67-66-75(3,4)5)68-81-71(76)64-62-60-58-56-54-52-50-48-46-44-42-40-38-33-31-29-27-25-23-21-19-17-15-13-11-9-7-2/h8,10,14,16,19-22,25-28,31,33,70,74H,6-7,9,11-13,15,17-18,23-24,29-30,32,34-69H2,1-5H3/b10-8-,16-14-,21-19-,22-20-,27-25-,28-26-,33-31-. The van der Waals surface area contributed by atoms with Crippen molar-refractivity contribution in [3.8, 4) is 0 Å². The van der Waals surface area contributed by atoms with E-state index in [0.717, 1.165) is 70.6 Å². The molecule has 83 heavy (non-hydrogen) atoms. The van der Waals surface area contributed by atoms with Crippen LogP contribution in [0.4, 0.5) is 0 Å². The van der Waals surface area contributed by atoms with E-state index in [2.05, 4.69) is 98.9 Å². The number of hydrogen-bond acceptors (Lipinski definition) is 8. The summed E-state index contributed by atoms with van der Waals surface area (Å²) < 4.78 is 22.8. The molecule has 480 valence electrons. The van der Waals surface area contributed by atoms with Gasteiger partial charge in [-0.25, -0.2) is 0 Å². The van der Waals surface area contributed by atoms with E-state index in [-0.39, 0.29) is 38.6 Å². The maximum Gasteiger partial charge on any atom is 0.306 e. The fourth-order valence-corrected chi connectivity index (χ4v) is 9.83. The van der Waals surface area contributed by atoms with E-state index >= 15 is 0 Å². The largest absolute Gasteiger partial charge is 0.545 e. The predicted octanol–water partition coefficient (Wildman–Crippen LogP) is 20.1. The number of hydrogen-bond donors (Lipinski definition) is 0. The SMILES string of the molecule is CC/C=C\C/C=C\C/C=C\C/C=C\CCCCCCCCCCCCCCCCCCCCC(=O)OC(COC(=O)CCCCCCCCCCCCCC/C=C\C/C=C\C/C=C\CCCCCCC)COC(OCC[N+](C)(C)C)C(=O)[O-]. The summed E-state index contributed by atoms with van der Waals surface area (Å²) in [6.45, 7) is 4.66. The Labute approximate surface area is 512 Å². The molecule has 9 nitrogen and oxygen atoms in total.